The molecular formula is C19H24N6O2. The molecule has 1 fully saturated rings. The number of fused-ring (bicyclic) bond motifs is 1. The monoisotopic (exact) mass is 368 g/mol. The van der Waals surface area contributed by atoms with E-state index < -0.39 is 0 Å². The molecule has 2 atom stereocenters. The number of hydrogen-bond donors (Lipinski definition) is 3. The van der Waals surface area contributed by atoms with E-state index in [1.165, 1.54) is 0 Å². The van der Waals surface area contributed by atoms with Gasteiger partial charge in [-0.2, -0.15) is 0 Å². The molecule has 1 aliphatic rings. The second kappa shape index (κ2) is 7.50. The Morgan fingerprint density at radius 3 is 3.04 bits per heavy atom. The number of carbonyl (C=O) groups is 1. The molecule has 3 heterocycles. The molecule has 27 heavy (non-hydrogen) atoms. The Kier molecular flexibility index (Phi) is 4.91. The predicted octanol–water partition coefficient (Wildman–Crippen LogP) is 1.45. The van der Waals surface area contributed by atoms with Crippen molar-refractivity contribution in [3.05, 3.63) is 47.6 Å². The van der Waals surface area contributed by atoms with Gasteiger partial charge in [0.05, 0.1) is 23.3 Å². The molecule has 0 bridgehead atoms. The summed E-state index contributed by atoms with van der Waals surface area (Å²) in [4.78, 5) is 17.0. The number of para-hydroxylation sites is 2. The molecule has 0 aliphatic carbocycles. The Morgan fingerprint density at radius 2 is 2.22 bits per heavy atom. The Morgan fingerprint density at radius 1 is 1.37 bits per heavy atom. The smallest absolute Gasteiger partial charge is 0.238 e. The van der Waals surface area contributed by atoms with Crippen LogP contribution < -0.4 is 16.2 Å². The highest BCUT2D eigenvalue weighted by molar-refractivity contribution is 5.82. The van der Waals surface area contributed by atoms with E-state index in [2.05, 4.69) is 36.9 Å². The molecule has 1 saturated heterocycles. The van der Waals surface area contributed by atoms with Crippen LogP contribution in [0.3, 0.4) is 0 Å². The summed E-state index contributed by atoms with van der Waals surface area (Å²) < 4.78 is 7.39. The first kappa shape index (κ1) is 17.7. The second-order valence-electron chi connectivity index (χ2n) is 6.89. The molecule has 142 valence electrons. The third kappa shape index (κ3) is 3.72. The lowest BCUT2D eigenvalue weighted by molar-refractivity contribution is -0.123. The molecular weight excluding hydrogens is 344 g/mol. The highest BCUT2D eigenvalue weighted by Gasteiger charge is 2.30. The fraction of sp³-hybridized carbons (Fsp3) is 0.421. The molecule has 3 N–H and O–H groups in total. The van der Waals surface area contributed by atoms with E-state index >= 15 is 0 Å². The number of carbonyl (C=O) groups excluding carboxylic acids is 1. The van der Waals surface area contributed by atoms with Gasteiger partial charge in [-0.3, -0.25) is 10.2 Å². The van der Waals surface area contributed by atoms with Crippen molar-refractivity contribution in [2.24, 2.45) is 0 Å². The van der Waals surface area contributed by atoms with E-state index in [1.54, 1.807) is 0 Å². The first-order valence-corrected chi connectivity index (χ1v) is 9.29. The van der Waals surface area contributed by atoms with Crippen LogP contribution >= 0.6 is 0 Å². The van der Waals surface area contributed by atoms with E-state index in [4.69, 9.17) is 4.52 Å². The summed E-state index contributed by atoms with van der Waals surface area (Å²) in [5.41, 5.74) is 9.33. The first-order valence-electron chi connectivity index (χ1n) is 9.29. The second-order valence-corrected chi connectivity index (χ2v) is 6.89. The van der Waals surface area contributed by atoms with Gasteiger partial charge in [0.25, 0.3) is 0 Å². The van der Waals surface area contributed by atoms with Crippen molar-refractivity contribution in [3.63, 3.8) is 0 Å². The number of hydrogen-bond acceptors (Lipinski definition) is 6. The highest BCUT2D eigenvalue weighted by atomic mass is 16.5. The van der Waals surface area contributed by atoms with Crippen molar-refractivity contribution >= 4 is 16.9 Å². The maximum atomic E-state index is 12.4. The third-order valence-electron chi connectivity index (χ3n) is 4.95. The maximum Gasteiger partial charge on any atom is 0.238 e. The van der Waals surface area contributed by atoms with Crippen LogP contribution in [0.15, 0.2) is 34.9 Å². The molecule has 1 amide bonds. The fourth-order valence-electron chi connectivity index (χ4n) is 3.46. The number of amides is 1. The summed E-state index contributed by atoms with van der Waals surface area (Å²) in [5, 5.41) is 6.84. The number of rotatable bonds is 6. The standard InChI is InChI=1S/C19H24N6O2/c1-3-13-8-15(27-24-13)10-20-19(26)17-9-14(22-23-17)11-25-12(2)21-16-6-4-5-7-18(16)25/h4-8,14,17,22-23H,3,9-11H2,1-2H3,(H,20,26). The Hall–Kier alpha value is -2.71. The Balaban J connectivity index is 1.34. The number of nitrogens with one attached hydrogen (secondary N) is 3. The van der Waals surface area contributed by atoms with Crippen molar-refractivity contribution in [1.29, 1.82) is 0 Å². The molecule has 0 saturated carbocycles. The number of aromatic nitrogens is 3. The summed E-state index contributed by atoms with van der Waals surface area (Å²) >= 11 is 0. The lowest BCUT2D eigenvalue weighted by atomic mass is 10.1. The van der Waals surface area contributed by atoms with Crippen LogP contribution in [0.4, 0.5) is 0 Å². The van der Waals surface area contributed by atoms with Crippen molar-refractivity contribution < 1.29 is 9.32 Å². The van der Waals surface area contributed by atoms with Crippen LogP contribution in [0.1, 0.15) is 30.6 Å². The zero-order valence-electron chi connectivity index (χ0n) is 15.5. The SMILES string of the molecule is CCc1cc(CNC(=O)C2CC(Cn3c(C)nc4ccccc43)NN2)on1. The third-order valence-corrected chi connectivity index (χ3v) is 4.95. The van der Waals surface area contributed by atoms with Crippen molar-refractivity contribution in [1.82, 2.24) is 30.9 Å². The van der Waals surface area contributed by atoms with E-state index in [-0.39, 0.29) is 18.0 Å². The van der Waals surface area contributed by atoms with Gasteiger partial charge in [0.2, 0.25) is 5.91 Å². The van der Waals surface area contributed by atoms with Crippen LogP contribution in [0.2, 0.25) is 0 Å². The summed E-state index contributed by atoms with van der Waals surface area (Å²) in [7, 11) is 0. The maximum absolute atomic E-state index is 12.4. The number of benzene rings is 1. The highest BCUT2D eigenvalue weighted by Crippen LogP contribution is 2.18. The molecule has 2 aromatic heterocycles. The van der Waals surface area contributed by atoms with Gasteiger partial charge in [-0.25, -0.2) is 10.4 Å². The van der Waals surface area contributed by atoms with Gasteiger partial charge in [-0.15, -0.1) is 0 Å². The summed E-state index contributed by atoms with van der Waals surface area (Å²) in [5.74, 6) is 1.60. The predicted molar refractivity (Wildman–Crippen MR) is 101 cm³/mol. The van der Waals surface area contributed by atoms with Gasteiger partial charge >= 0.3 is 0 Å². The molecule has 2 unspecified atom stereocenters. The molecule has 0 spiro atoms. The van der Waals surface area contributed by atoms with Crippen LogP contribution in [-0.4, -0.2) is 32.7 Å². The lowest BCUT2D eigenvalue weighted by Crippen LogP contribution is -2.43. The summed E-state index contributed by atoms with van der Waals surface area (Å²) in [6, 6.07) is 9.84. The Bertz CT molecular complexity index is 947. The van der Waals surface area contributed by atoms with Crippen molar-refractivity contribution in [2.45, 2.75) is 51.9 Å². The zero-order chi connectivity index (χ0) is 18.8. The minimum Gasteiger partial charge on any atom is -0.359 e. The minimum absolute atomic E-state index is 0.0494. The lowest BCUT2D eigenvalue weighted by Gasteiger charge is -2.13. The van der Waals surface area contributed by atoms with Crippen LogP contribution in [0.25, 0.3) is 11.0 Å². The van der Waals surface area contributed by atoms with E-state index in [0.29, 0.717) is 18.7 Å². The molecule has 4 rings (SSSR count). The molecule has 3 aromatic rings. The van der Waals surface area contributed by atoms with Gasteiger partial charge in [0.15, 0.2) is 5.76 Å². The van der Waals surface area contributed by atoms with Crippen molar-refractivity contribution in [2.75, 3.05) is 0 Å². The molecule has 1 aliphatic heterocycles. The van der Waals surface area contributed by atoms with Gasteiger partial charge < -0.3 is 14.4 Å². The number of aryl methyl sites for hydroxylation is 2. The van der Waals surface area contributed by atoms with Crippen LogP contribution in [0, 0.1) is 6.92 Å². The zero-order valence-corrected chi connectivity index (χ0v) is 15.5. The van der Waals surface area contributed by atoms with Crippen LogP contribution in [-0.2, 0) is 24.3 Å². The fourth-order valence-corrected chi connectivity index (χ4v) is 3.46. The van der Waals surface area contributed by atoms with Crippen LogP contribution in [0.5, 0.6) is 0 Å². The van der Waals surface area contributed by atoms with Gasteiger partial charge in [0.1, 0.15) is 11.9 Å². The average Bonchev–Trinajstić information content (AvgIpc) is 3.40. The Labute approximate surface area is 157 Å². The van der Waals surface area contributed by atoms with E-state index in [9.17, 15) is 4.79 Å². The number of imidazole rings is 1. The van der Waals surface area contributed by atoms with E-state index in [0.717, 1.165) is 35.5 Å². The van der Waals surface area contributed by atoms with E-state index in [1.807, 2.05) is 38.1 Å². The quantitative estimate of drug-likeness (QED) is 0.609. The molecule has 8 heteroatoms. The molecule has 0 radical (unpaired) electrons. The summed E-state index contributed by atoms with van der Waals surface area (Å²) in [6.07, 6.45) is 1.52. The topological polar surface area (TPSA) is 97.0 Å². The van der Waals surface area contributed by atoms with Gasteiger partial charge in [-0.1, -0.05) is 24.2 Å². The molecule has 8 nitrogen and oxygen atoms in total. The van der Waals surface area contributed by atoms with Gasteiger partial charge in [-0.05, 0) is 31.9 Å². The molecule has 1 aromatic carbocycles. The largest absolute Gasteiger partial charge is 0.359 e. The average molecular weight is 368 g/mol. The van der Waals surface area contributed by atoms with Crippen molar-refractivity contribution in [3.8, 4) is 0 Å². The first-order chi connectivity index (χ1) is 13.1. The number of hydrazine groups is 1. The van der Waals surface area contributed by atoms with Gasteiger partial charge in [0, 0.05) is 18.7 Å². The minimum atomic E-state index is -0.279. The normalized spacial score (nSPS) is 19.6. The summed E-state index contributed by atoms with van der Waals surface area (Å²) in [6.45, 7) is 5.12. The number of nitrogens with zero attached hydrogens (tertiary/aromatic N) is 3.